The molecule has 5 heteroatoms. The summed E-state index contributed by atoms with van der Waals surface area (Å²) in [5, 5.41) is 2.85. The lowest BCUT2D eigenvalue weighted by Gasteiger charge is -2.15. The average molecular weight is 254 g/mol. The van der Waals surface area contributed by atoms with Gasteiger partial charge in [-0.15, -0.1) is 0 Å². The first-order chi connectivity index (χ1) is 8.06. The van der Waals surface area contributed by atoms with Crippen molar-refractivity contribution in [2.45, 2.75) is 39.2 Å². The van der Waals surface area contributed by atoms with E-state index in [1.165, 1.54) is 0 Å². The lowest BCUT2D eigenvalue weighted by atomic mass is 10.1. The minimum absolute atomic E-state index is 0.0322. The number of nitrogens with two attached hydrogens (primary N) is 1. The van der Waals surface area contributed by atoms with E-state index in [0.717, 1.165) is 18.6 Å². The Bertz CT molecular complexity index is 401. The highest BCUT2D eigenvalue weighted by Crippen LogP contribution is 2.09. The van der Waals surface area contributed by atoms with E-state index in [2.05, 4.69) is 5.32 Å². The number of carbonyl (C=O) groups excluding carboxylic acids is 1. The van der Waals surface area contributed by atoms with Crippen LogP contribution in [0.15, 0.2) is 16.5 Å². The molecular weight excluding hydrogens is 236 g/mol. The molecule has 1 amide bonds. The minimum Gasteiger partial charge on any atom is -0.456 e. The van der Waals surface area contributed by atoms with Gasteiger partial charge >= 0.3 is 0 Å². The second kappa shape index (κ2) is 6.39. The summed E-state index contributed by atoms with van der Waals surface area (Å²) in [4.78, 5) is 12.2. The SMILES string of the molecule is CCc1ccc(C(=O)NC(CC)CC(N)=S)o1. The van der Waals surface area contributed by atoms with Gasteiger partial charge in [0.05, 0.1) is 4.99 Å². The quantitative estimate of drug-likeness (QED) is 0.762. The van der Waals surface area contributed by atoms with Gasteiger partial charge in [-0.1, -0.05) is 26.1 Å². The third kappa shape index (κ3) is 4.19. The summed E-state index contributed by atoms with van der Waals surface area (Å²) in [6.07, 6.45) is 2.07. The highest BCUT2D eigenvalue weighted by Gasteiger charge is 2.15. The number of nitrogens with one attached hydrogen (secondary N) is 1. The molecule has 0 aromatic carbocycles. The molecule has 1 unspecified atom stereocenters. The molecule has 0 radical (unpaired) electrons. The number of hydrogen-bond donors (Lipinski definition) is 2. The number of thiocarbonyl (C=S) groups is 1. The van der Waals surface area contributed by atoms with Crippen LogP contribution in [-0.4, -0.2) is 16.9 Å². The van der Waals surface area contributed by atoms with Crippen LogP contribution in [0.4, 0.5) is 0 Å². The van der Waals surface area contributed by atoms with Crippen molar-refractivity contribution in [3.63, 3.8) is 0 Å². The molecule has 0 bridgehead atoms. The zero-order valence-electron chi connectivity index (χ0n) is 10.2. The highest BCUT2D eigenvalue weighted by molar-refractivity contribution is 7.80. The van der Waals surface area contributed by atoms with Crippen LogP contribution in [0.25, 0.3) is 0 Å². The topological polar surface area (TPSA) is 68.3 Å². The summed E-state index contributed by atoms with van der Waals surface area (Å²) in [5.41, 5.74) is 5.47. The van der Waals surface area contributed by atoms with Crippen LogP contribution < -0.4 is 11.1 Å². The van der Waals surface area contributed by atoms with Crippen LogP contribution in [0, 0.1) is 0 Å². The Hall–Kier alpha value is -1.36. The van der Waals surface area contributed by atoms with E-state index in [1.807, 2.05) is 19.9 Å². The number of rotatable bonds is 6. The predicted molar refractivity (Wildman–Crippen MR) is 71.0 cm³/mol. The molecule has 3 N–H and O–H groups in total. The van der Waals surface area contributed by atoms with Gasteiger partial charge in [-0.3, -0.25) is 4.79 Å². The molecule has 0 spiro atoms. The molecule has 4 nitrogen and oxygen atoms in total. The van der Waals surface area contributed by atoms with Crippen LogP contribution in [0.3, 0.4) is 0 Å². The summed E-state index contributed by atoms with van der Waals surface area (Å²) in [5.74, 6) is 0.925. The summed E-state index contributed by atoms with van der Waals surface area (Å²) in [6.45, 7) is 3.95. The zero-order chi connectivity index (χ0) is 12.8. The normalized spacial score (nSPS) is 12.1. The van der Waals surface area contributed by atoms with Crippen molar-refractivity contribution in [1.29, 1.82) is 0 Å². The van der Waals surface area contributed by atoms with Gasteiger partial charge in [0.1, 0.15) is 5.76 Å². The molecular formula is C12H18N2O2S. The molecule has 1 rings (SSSR count). The number of carbonyl (C=O) groups is 1. The Kier molecular flexibility index (Phi) is 5.15. The van der Waals surface area contributed by atoms with Crippen molar-refractivity contribution in [3.8, 4) is 0 Å². The number of furan rings is 1. The van der Waals surface area contributed by atoms with Crippen LogP contribution in [0.2, 0.25) is 0 Å². The fraction of sp³-hybridized carbons (Fsp3) is 0.500. The first-order valence-electron chi connectivity index (χ1n) is 5.74. The van der Waals surface area contributed by atoms with Gasteiger partial charge in [0.25, 0.3) is 5.91 Å². The maximum atomic E-state index is 11.8. The number of hydrogen-bond acceptors (Lipinski definition) is 3. The number of aryl methyl sites for hydroxylation is 1. The lowest BCUT2D eigenvalue weighted by Crippen LogP contribution is -2.36. The number of amides is 1. The third-order valence-corrected chi connectivity index (χ3v) is 2.68. The van der Waals surface area contributed by atoms with Crippen molar-refractivity contribution >= 4 is 23.1 Å². The minimum atomic E-state index is -0.215. The summed E-state index contributed by atoms with van der Waals surface area (Å²) in [7, 11) is 0. The van der Waals surface area contributed by atoms with Crippen molar-refractivity contribution in [1.82, 2.24) is 5.32 Å². The molecule has 0 aliphatic carbocycles. The Morgan fingerprint density at radius 2 is 2.24 bits per heavy atom. The lowest BCUT2D eigenvalue weighted by molar-refractivity contribution is 0.0907. The maximum absolute atomic E-state index is 11.8. The Labute approximate surface area is 107 Å². The van der Waals surface area contributed by atoms with Gasteiger partial charge in [0.15, 0.2) is 5.76 Å². The first kappa shape index (κ1) is 13.7. The predicted octanol–water partition coefficient (Wildman–Crippen LogP) is 2.03. The van der Waals surface area contributed by atoms with Crippen LogP contribution in [-0.2, 0) is 6.42 Å². The molecule has 0 saturated carbocycles. The van der Waals surface area contributed by atoms with E-state index in [1.54, 1.807) is 6.07 Å². The van der Waals surface area contributed by atoms with Crippen molar-refractivity contribution in [3.05, 3.63) is 23.7 Å². The van der Waals surface area contributed by atoms with Gasteiger partial charge in [-0.05, 0) is 18.6 Å². The third-order valence-electron chi connectivity index (χ3n) is 2.51. The van der Waals surface area contributed by atoms with Gasteiger partial charge in [0, 0.05) is 18.9 Å². The molecule has 1 aromatic heterocycles. The van der Waals surface area contributed by atoms with E-state index < -0.39 is 0 Å². The molecule has 1 atom stereocenters. The summed E-state index contributed by atoms with van der Waals surface area (Å²) < 4.78 is 5.37. The smallest absolute Gasteiger partial charge is 0.287 e. The Morgan fingerprint density at radius 3 is 2.71 bits per heavy atom. The van der Waals surface area contributed by atoms with Gasteiger partial charge in [-0.2, -0.15) is 0 Å². The molecule has 0 aliphatic rings. The van der Waals surface area contributed by atoms with Crippen LogP contribution >= 0.6 is 12.2 Å². The molecule has 94 valence electrons. The van der Waals surface area contributed by atoms with Crippen LogP contribution in [0.5, 0.6) is 0 Å². The molecule has 1 heterocycles. The van der Waals surface area contributed by atoms with E-state index in [-0.39, 0.29) is 11.9 Å². The largest absolute Gasteiger partial charge is 0.456 e. The maximum Gasteiger partial charge on any atom is 0.287 e. The average Bonchev–Trinajstić information content (AvgIpc) is 2.75. The highest BCUT2D eigenvalue weighted by atomic mass is 32.1. The molecule has 1 aromatic rings. The van der Waals surface area contributed by atoms with Gasteiger partial charge in [-0.25, -0.2) is 0 Å². The van der Waals surface area contributed by atoms with E-state index in [0.29, 0.717) is 17.2 Å². The summed E-state index contributed by atoms with van der Waals surface area (Å²) in [6, 6.07) is 3.46. The molecule has 0 aliphatic heterocycles. The second-order valence-corrected chi connectivity index (χ2v) is 4.39. The van der Waals surface area contributed by atoms with E-state index in [4.69, 9.17) is 22.4 Å². The monoisotopic (exact) mass is 254 g/mol. The fourth-order valence-electron chi connectivity index (χ4n) is 1.49. The van der Waals surface area contributed by atoms with E-state index in [9.17, 15) is 4.79 Å². The van der Waals surface area contributed by atoms with Gasteiger partial charge < -0.3 is 15.5 Å². The standard InChI is InChI=1S/C12H18N2O2S/c1-3-8(7-11(13)17)14-12(15)10-6-5-9(4-2)16-10/h5-6,8H,3-4,7H2,1-2H3,(H2,13,17)(H,14,15). The van der Waals surface area contributed by atoms with Crippen LogP contribution in [0.1, 0.15) is 43.0 Å². The fourth-order valence-corrected chi connectivity index (χ4v) is 1.69. The first-order valence-corrected chi connectivity index (χ1v) is 6.15. The van der Waals surface area contributed by atoms with Crippen molar-refractivity contribution in [2.24, 2.45) is 5.73 Å². The second-order valence-electron chi connectivity index (χ2n) is 3.87. The molecule has 17 heavy (non-hydrogen) atoms. The Balaban J connectivity index is 2.60. The van der Waals surface area contributed by atoms with E-state index >= 15 is 0 Å². The van der Waals surface area contributed by atoms with Crippen molar-refractivity contribution in [2.75, 3.05) is 0 Å². The summed E-state index contributed by atoms with van der Waals surface area (Å²) >= 11 is 4.83. The Morgan fingerprint density at radius 1 is 1.53 bits per heavy atom. The zero-order valence-corrected chi connectivity index (χ0v) is 11.0. The molecule has 0 fully saturated rings. The van der Waals surface area contributed by atoms with Crippen molar-refractivity contribution < 1.29 is 9.21 Å². The van der Waals surface area contributed by atoms with Gasteiger partial charge in [0.2, 0.25) is 0 Å². The molecule has 0 saturated heterocycles.